The molecule has 0 radical (unpaired) electrons. The first kappa shape index (κ1) is 16.9. The quantitative estimate of drug-likeness (QED) is 0.645. The van der Waals surface area contributed by atoms with E-state index in [0.717, 1.165) is 25.8 Å². The summed E-state index contributed by atoms with van der Waals surface area (Å²) >= 11 is 0. The summed E-state index contributed by atoms with van der Waals surface area (Å²) in [4.78, 5) is 25.9. The standard InChI is InChI=1S/C14H27N3O3/c1-4-14(6-5-7-15-11-14)13(19)17(2)10-12(18)16-8-9-20-3/h15H,4-11H2,1-3H3,(H,16,18). The van der Waals surface area contributed by atoms with Crippen molar-refractivity contribution in [2.75, 3.05) is 46.9 Å². The van der Waals surface area contributed by atoms with E-state index in [0.29, 0.717) is 19.7 Å². The fourth-order valence-corrected chi connectivity index (χ4v) is 2.64. The Balaban J connectivity index is 2.50. The summed E-state index contributed by atoms with van der Waals surface area (Å²) in [6.45, 7) is 4.76. The lowest BCUT2D eigenvalue weighted by Gasteiger charge is -2.38. The van der Waals surface area contributed by atoms with Gasteiger partial charge in [-0.15, -0.1) is 0 Å². The summed E-state index contributed by atoms with van der Waals surface area (Å²) < 4.78 is 4.87. The van der Waals surface area contributed by atoms with Crippen LogP contribution in [0, 0.1) is 5.41 Å². The summed E-state index contributed by atoms with van der Waals surface area (Å²) in [5.74, 6) is -0.0815. The molecule has 1 rings (SSSR count). The molecule has 1 fully saturated rings. The number of nitrogens with one attached hydrogen (secondary N) is 2. The van der Waals surface area contributed by atoms with Crippen LogP contribution in [0.15, 0.2) is 0 Å². The van der Waals surface area contributed by atoms with Gasteiger partial charge in [-0.05, 0) is 25.8 Å². The lowest BCUT2D eigenvalue weighted by atomic mass is 9.77. The second-order valence-corrected chi connectivity index (χ2v) is 5.42. The van der Waals surface area contributed by atoms with Gasteiger partial charge in [0.05, 0.1) is 18.6 Å². The smallest absolute Gasteiger partial charge is 0.239 e. The van der Waals surface area contributed by atoms with E-state index >= 15 is 0 Å². The van der Waals surface area contributed by atoms with E-state index in [-0.39, 0.29) is 23.8 Å². The molecule has 20 heavy (non-hydrogen) atoms. The highest BCUT2D eigenvalue weighted by molar-refractivity contribution is 5.88. The molecular formula is C14H27N3O3. The minimum Gasteiger partial charge on any atom is -0.383 e. The van der Waals surface area contributed by atoms with Gasteiger partial charge in [-0.3, -0.25) is 9.59 Å². The highest BCUT2D eigenvalue weighted by Gasteiger charge is 2.39. The molecule has 0 saturated carbocycles. The van der Waals surface area contributed by atoms with Gasteiger partial charge in [-0.1, -0.05) is 6.92 Å². The van der Waals surface area contributed by atoms with Crippen molar-refractivity contribution in [1.29, 1.82) is 0 Å². The SMILES string of the molecule is CCC1(C(=O)N(C)CC(=O)NCCOC)CCCNC1. The van der Waals surface area contributed by atoms with E-state index < -0.39 is 0 Å². The predicted molar refractivity (Wildman–Crippen MR) is 77.4 cm³/mol. The number of likely N-dealkylation sites (N-methyl/N-ethyl adjacent to an activating group) is 1. The molecule has 116 valence electrons. The number of hydrogen-bond acceptors (Lipinski definition) is 4. The van der Waals surface area contributed by atoms with Crippen molar-refractivity contribution < 1.29 is 14.3 Å². The highest BCUT2D eigenvalue weighted by atomic mass is 16.5. The molecule has 0 aromatic carbocycles. The first-order chi connectivity index (χ1) is 9.55. The largest absolute Gasteiger partial charge is 0.383 e. The van der Waals surface area contributed by atoms with Crippen LogP contribution in [0.4, 0.5) is 0 Å². The lowest BCUT2D eigenvalue weighted by Crippen LogP contribution is -2.52. The van der Waals surface area contributed by atoms with Crippen LogP contribution in [-0.4, -0.2) is 63.7 Å². The molecule has 6 heteroatoms. The van der Waals surface area contributed by atoms with Gasteiger partial charge in [0.2, 0.25) is 11.8 Å². The Hall–Kier alpha value is -1.14. The molecule has 1 saturated heterocycles. The van der Waals surface area contributed by atoms with Gasteiger partial charge in [0, 0.05) is 27.2 Å². The van der Waals surface area contributed by atoms with Crippen LogP contribution in [0.25, 0.3) is 0 Å². The molecule has 6 nitrogen and oxygen atoms in total. The Kier molecular flexibility index (Phi) is 6.95. The van der Waals surface area contributed by atoms with Crippen molar-refractivity contribution in [3.8, 4) is 0 Å². The fraction of sp³-hybridized carbons (Fsp3) is 0.857. The van der Waals surface area contributed by atoms with Crippen molar-refractivity contribution in [1.82, 2.24) is 15.5 Å². The van der Waals surface area contributed by atoms with Crippen LogP contribution in [0.2, 0.25) is 0 Å². The second kappa shape index (κ2) is 8.21. The summed E-state index contributed by atoms with van der Waals surface area (Å²) in [6, 6.07) is 0. The summed E-state index contributed by atoms with van der Waals surface area (Å²) in [5.41, 5.74) is -0.347. The Morgan fingerprint density at radius 3 is 2.75 bits per heavy atom. The first-order valence-electron chi connectivity index (χ1n) is 7.27. The van der Waals surface area contributed by atoms with E-state index in [1.807, 2.05) is 6.92 Å². The number of carbonyl (C=O) groups is 2. The van der Waals surface area contributed by atoms with Crippen molar-refractivity contribution in [2.45, 2.75) is 26.2 Å². The van der Waals surface area contributed by atoms with E-state index in [2.05, 4.69) is 10.6 Å². The molecule has 1 atom stereocenters. The summed E-state index contributed by atoms with van der Waals surface area (Å²) in [5, 5.41) is 6.02. The molecule has 0 spiro atoms. The molecule has 1 heterocycles. The van der Waals surface area contributed by atoms with E-state index in [4.69, 9.17) is 4.74 Å². The minimum atomic E-state index is -0.347. The van der Waals surface area contributed by atoms with Gasteiger partial charge < -0.3 is 20.3 Å². The number of ether oxygens (including phenoxy) is 1. The maximum absolute atomic E-state index is 12.6. The molecule has 0 aromatic rings. The molecule has 0 aromatic heterocycles. The zero-order chi connectivity index (χ0) is 15.0. The average Bonchev–Trinajstić information content (AvgIpc) is 2.47. The maximum Gasteiger partial charge on any atom is 0.239 e. The van der Waals surface area contributed by atoms with Crippen molar-refractivity contribution >= 4 is 11.8 Å². The number of rotatable bonds is 7. The van der Waals surface area contributed by atoms with Crippen LogP contribution < -0.4 is 10.6 Å². The van der Waals surface area contributed by atoms with Crippen LogP contribution in [0.1, 0.15) is 26.2 Å². The predicted octanol–water partition coefficient (Wildman–Crippen LogP) is -0.0128. The van der Waals surface area contributed by atoms with Gasteiger partial charge in [0.15, 0.2) is 0 Å². The van der Waals surface area contributed by atoms with E-state index in [1.165, 1.54) is 0 Å². The van der Waals surface area contributed by atoms with Crippen molar-refractivity contribution in [2.24, 2.45) is 5.41 Å². The van der Waals surface area contributed by atoms with Gasteiger partial charge in [0.25, 0.3) is 0 Å². The number of piperidine rings is 1. The number of nitrogens with zero attached hydrogens (tertiary/aromatic N) is 1. The van der Waals surface area contributed by atoms with Crippen LogP contribution in [-0.2, 0) is 14.3 Å². The maximum atomic E-state index is 12.6. The van der Waals surface area contributed by atoms with Gasteiger partial charge in [-0.25, -0.2) is 0 Å². The van der Waals surface area contributed by atoms with Crippen molar-refractivity contribution in [3.63, 3.8) is 0 Å². The Morgan fingerprint density at radius 2 is 2.20 bits per heavy atom. The van der Waals surface area contributed by atoms with Crippen LogP contribution >= 0.6 is 0 Å². The third-order valence-electron chi connectivity index (χ3n) is 3.96. The van der Waals surface area contributed by atoms with Gasteiger partial charge in [-0.2, -0.15) is 0 Å². The molecule has 1 unspecified atom stereocenters. The third kappa shape index (κ3) is 4.45. The Bertz CT molecular complexity index is 328. The van der Waals surface area contributed by atoms with Gasteiger partial charge in [0.1, 0.15) is 0 Å². The molecule has 2 amide bonds. The second-order valence-electron chi connectivity index (χ2n) is 5.42. The van der Waals surface area contributed by atoms with Crippen LogP contribution in [0.5, 0.6) is 0 Å². The third-order valence-corrected chi connectivity index (χ3v) is 3.96. The topological polar surface area (TPSA) is 70.7 Å². The molecule has 1 aliphatic heterocycles. The number of hydrogen-bond donors (Lipinski definition) is 2. The molecule has 0 aliphatic carbocycles. The number of methoxy groups -OCH3 is 1. The normalized spacial score (nSPS) is 22.4. The average molecular weight is 285 g/mol. The number of carbonyl (C=O) groups excluding carboxylic acids is 2. The molecule has 0 bridgehead atoms. The monoisotopic (exact) mass is 285 g/mol. The zero-order valence-electron chi connectivity index (χ0n) is 12.8. The highest BCUT2D eigenvalue weighted by Crippen LogP contribution is 2.31. The Morgan fingerprint density at radius 1 is 1.45 bits per heavy atom. The molecule has 2 N–H and O–H groups in total. The molecular weight excluding hydrogens is 258 g/mol. The first-order valence-corrected chi connectivity index (χ1v) is 7.27. The fourth-order valence-electron chi connectivity index (χ4n) is 2.64. The minimum absolute atomic E-state index is 0.0640. The number of amides is 2. The van der Waals surface area contributed by atoms with Crippen LogP contribution in [0.3, 0.4) is 0 Å². The zero-order valence-corrected chi connectivity index (χ0v) is 12.8. The van der Waals surface area contributed by atoms with Crippen molar-refractivity contribution in [3.05, 3.63) is 0 Å². The lowest BCUT2D eigenvalue weighted by molar-refractivity contribution is -0.144. The van der Waals surface area contributed by atoms with Gasteiger partial charge >= 0.3 is 0 Å². The molecule has 1 aliphatic rings. The van der Waals surface area contributed by atoms with E-state index in [9.17, 15) is 9.59 Å². The Labute approximate surface area is 121 Å². The summed E-state index contributed by atoms with van der Waals surface area (Å²) in [6.07, 6.45) is 2.70. The van der Waals surface area contributed by atoms with E-state index in [1.54, 1.807) is 19.1 Å². The summed E-state index contributed by atoms with van der Waals surface area (Å²) in [7, 11) is 3.28.